The number of likely N-dealkylation sites (tertiary alicyclic amines) is 1. The Morgan fingerprint density at radius 2 is 1.79 bits per heavy atom. The van der Waals surface area contributed by atoms with Crippen molar-refractivity contribution < 1.29 is 19.5 Å². The molecular weight excluding hydrogens is 246 g/mol. The zero-order chi connectivity index (χ0) is 13.8. The molecule has 1 aliphatic rings. The van der Waals surface area contributed by atoms with E-state index < -0.39 is 23.7 Å². The molecule has 0 aliphatic carbocycles. The minimum absolute atomic E-state index is 0.294. The number of hydrogen-bond donors (Lipinski definition) is 1. The summed E-state index contributed by atoms with van der Waals surface area (Å²) in [7, 11) is 0. The summed E-state index contributed by atoms with van der Waals surface area (Å²) >= 11 is 0. The van der Waals surface area contributed by atoms with Crippen LogP contribution < -0.4 is 0 Å². The summed E-state index contributed by atoms with van der Waals surface area (Å²) in [5.74, 6) is -2.42. The molecule has 5 nitrogen and oxygen atoms in total. The molecule has 2 rings (SSSR count). The lowest BCUT2D eigenvalue weighted by atomic mass is 10.0. The molecule has 5 heteroatoms. The van der Waals surface area contributed by atoms with Crippen LogP contribution in [0.1, 0.15) is 29.6 Å². The molecule has 0 aromatic heterocycles. The first-order valence-corrected chi connectivity index (χ1v) is 6.24. The number of carbonyl (C=O) groups excluding carboxylic acids is 2. The van der Waals surface area contributed by atoms with Crippen LogP contribution in [-0.4, -0.2) is 40.3 Å². The summed E-state index contributed by atoms with van der Waals surface area (Å²) in [6.45, 7) is 0.328. The van der Waals surface area contributed by atoms with Gasteiger partial charge in [-0.1, -0.05) is 30.3 Å². The lowest BCUT2D eigenvalue weighted by Crippen LogP contribution is -2.50. The largest absolute Gasteiger partial charge is 0.480 e. The number of aliphatic carboxylic acids is 1. The highest BCUT2D eigenvalue weighted by Crippen LogP contribution is 2.18. The molecule has 0 spiro atoms. The first kappa shape index (κ1) is 13.3. The van der Waals surface area contributed by atoms with E-state index in [4.69, 9.17) is 5.11 Å². The van der Waals surface area contributed by atoms with Crippen molar-refractivity contribution in [2.24, 2.45) is 0 Å². The monoisotopic (exact) mass is 261 g/mol. The second-order valence-electron chi connectivity index (χ2n) is 4.54. The molecule has 1 saturated heterocycles. The highest BCUT2D eigenvalue weighted by atomic mass is 16.4. The lowest BCUT2D eigenvalue weighted by Gasteiger charge is -2.32. The van der Waals surface area contributed by atoms with Gasteiger partial charge in [-0.05, 0) is 19.3 Å². The highest BCUT2D eigenvalue weighted by molar-refractivity contribution is 6.43. The summed E-state index contributed by atoms with van der Waals surface area (Å²) in [5, 5.41) is 9.10. The van der Waals surface area contributed by atoms with Crippen LogP contribution >= 0.6 is 0 Å². The Morgan fingerprint density at radius 3 is 2.42 bits per heavy atom. The van der Waals surface area contributed by atoms with E-state index in [1.165, 1.54) is 4.90 Å². The van der Waals surface area contributed by atoms with E-state index in [-0.39, 0.29) is 0 Å². The number of ketones is 1. The smallest absolute Gasteiger partial charge is 0.326 e. The molecule has 100 valence electrons. The molecule has 0 unspecified atom stereocenters. The minimum atomic E-state index is -1.05. The Bertz CT molecular complexity index is 497. The molecule has 1 heterocycles. The number of piperidine rings is 1. The van der Waals surface area contributed by atoms with Crippen LogP contribution in [-0.2, 0) is 9.59 Å². The number of carboxylic acid groups (broad SMARTS) is 1. The Kier molecular flexibility index (Phi) is 3.94. The van der Waals surface area contributed by atoms with Crippen LogP contribution in [0.5, 0.6) is 0 Å². The van der Waals surface area contributed by atoms with Gasteiger partial charge in [-0.2, -0.15) is 0 Å². The summed E-state index contributed by atoms with van der Waals surface area (Å²) in [6.07, 6.45) is 1.90. The fourth-order valence-corrected chi connectivity index (χ4v) is 2.27. The van der Waals surface area contributed by atoms with Crippen LogP contribution in [0.2, 0.25) is 0 Å². The molecule has 1 fully saturated rings. The zero-order valence-corrected chi connectivity index (χ0v) is 10.4. The molecule has 1 aromatic carbocycles. The fraction of sp³-hybridized carbons (Fsp3) is 0.357. The van der Waals surface area contributed by atoms with E-state index in [0.717, 1.165) is 12.8 Å². The van der Waals surface area contributed by atoms with Crippen molar-refractivity contribution in [1.29, 1.82) is 0 Å². The normalized spacial score (nSPS) is 18.9. The first-order chi connectivity index (χ1) is 9.11. The van der Waals surface area contributed by atoms with E-state index in [1.54, 1.807) is 30.3 Å². The summed E-state index contributed by atoms with van der Waals surface area (Å²) in [4.78, 5) is 36.5. The quantitative estimate of drug-likeness (QED) is 0.658. The van der Waals surface area contributed by atoms with E-state index in [9.17, 15) is 14.4 Å². The van der Waals surface area contributed by atoms with Gasteiger partial charge in [0.2, 0.25) is 5.78 Å². The molecule has 1 aromatic rings. The molecule has 1 amide bonds. The van der Waals surface area contributed by atoms with Crippen molar-refractivity contribution in [3.8, 4) is 0 Å². The van der Waals surface area contributed by atoms with Gasteiger partial charge in [0.15, 0.2) is 0 Å². The van der Waals surface area contributed by atoms with Crippen molar-refractivity contribution in [3.63, 3.8) is 0 Å². The zero-order valence-electron chi connectivity index (χ0n) is 10.4. The number of carbonyl (C=O) groups is 3. The van der Waals surface area contributed by atoms with E-state index in [1.807, 2.05) is 0 Å². The van der Waals surface area contributed by atoms with E-state index in [0.29, 0.717) is 18.5 Å². The van der Waals surface area contributed by atoms with Gasteiger partial charge in [-0.25, -0.2) is 4.79 Å². The van der Waals surface area contributed by atoms with Crippen molar-refractivity contribution >= 4 is 17.7 Å². The van der Waals surface area contributed by atoms with Crippen molar-refractivity contribution in [2.45, 2.75) is 25.3 Å². The third-order valence-corrected chi connectivity index (χ3v) is 3.28. The van der Waals surface area contributed by atoms with Gasteiger partial charge >= 0.3 is 5.97 Å². The molecule has 1 atom stereocenters. The van der Waals surface area contributed by atoms with Crippen molar-refractivity contribution in [3.05, 3.63) is 35.9 Å². The van der Waals surface area contributed by atoms with Gasteiger partial charge in [0.05, 0.1) is 0 Å². The van der Waals surface area contributed by atoms with Gasteiger partial charge in [-0.3, -0.25) is 9.59 Å². The molecule has 0 radical (unpaired) electrons. The Morgan fingerprint density at radius 1 is 1.11 bits per heavy atom. The summed E-state index contributed by atoms with van der Waals surface area (Å²) in [5.41, 5.74) is 0.294. The van der Waals surface area contributed by atoms with Crippen LogP contribution in [0.4, 0.5) is 0 Å². The van der Waals surface area contributed by atoms with Crippen molar-refractivity contribution in [2.75, 3.05) is 6.54 Å². The second kappa shape index (κ2) is 5.65. The number of amides is 1. The van der Waals surface area contributed by atoms with Gasteiger partial charge in [0.1, 0.15) is 6.04 Å². The topological polar surface area (TPSA) is 74.7 Å². The fourth-order valence-electron chi connectivity index (χ4n) is 2.27. The number of rotatable bonds is 3. The van der Waals surface area contributed by atoms with Gasteiger partial charge in [-0.15, -0.1) is 0 Å². The van der Waals surface area contributed by atoms with Gasteiger partial charge < -0.3 is 10.0 Å². The maximum atomic E-state index is 12.1. The average Bonchev–Trinajstić information content (AvgIpc) is 2.46. The minimum Gasteiger partial charge on any atom is -0.480 e. The van der Waals surface area contributed by atoms with Crippen molar-refractivity contribution in [1.82, 2.24) is 4.90 Å². The highest BCUT2D eigenvalue weighted by Gasteiger charge is 2.35. The average molecular weight is 261 g/mol. The molecular formula is C14H15NO4. The number of nitrogens with zero attached hydrogens (tertiary/aromatic N) is 1. The third kappa shape index (κ3) is 2.81. The number of carboxylic acids is 1. The maximum Gasteiger partial charge on any atom is 0.326 e. The Balaban J connectivity index is 2.18. The van der Waals surface area contributed by atoms with Crippen LogP contribution in [0.3, 0.4) is 0 Å². The van der Waals surface area contributed by atoms with Crippen LogP contribution in [0.25, 0.3) is 0 Å². The molecule has 1 N–H and O–H groups in total. The van der Waals surface area contributed by atoms with E-state index in [2.05, 4.69) is 0 Å². The standard InChI is InChI=1S/C14H15NO4/c16-12(10-6-2-1-3-7-10)13(17)15-9-5-4-8-11(15)14(18)19/h1-3,6-7,11H,4-5,8-9H2,(H,18,19)/t11-/m1/s1. The predicted molar refractivity (Wildman–Crippen MR) is 67.8 cm³/mol. The summed E-state index contributed by atoms with van der Waals surface area (Å²) in [6, 6.07) is 7.33. The molecule has 19 heavy (non-hydrogen) atoms. The van der Waals surface area contributed by atoms with Crippen LogP contribution in [0.15, 0.2) is 30.3 Å². The maximum absolute atomic E-state index is 12.1. The summed E-state index contributed by atoms with van der Waals surface area (Å²) < 4.78 is 0. The Hall–Kier alpha value is -2.17. The number of benzene rings is 1. The molecule has 0 saturated carbocycles. The predicted octanol–water partition coefficient (Wildman–Crippen LogP) is 1.33. The molecule has 0 bridgehead atoms. The van der Waals surface area contributed by atoms with E-state index >= 15 is 0 Å². The SMILES string of the molecule is O=C(C(=O)N1CCCC[C@@H]1C(=O)O)c1ccccc1. The van der Waals surface area contributed by atoms with Gasteiger partial charge in [0, 0.05) is 12.1 Å². The van der Waals surface area contributed by atoms with Gasteiger partial charge in [0.25, 0.3) is 5.91 Å². The lowest BCUT2D eigenvalue weighted by molar-refractivity contribution is -0.150. The number of hydrogen-bond acceptors (Lipinski definition) is 3. The van der Waals surface area contributed by atoms with Crippen LogP contribution in [0, 0.1) is 0 Å². The first-order valence-electron chi connectivity index (χ1n) is 6.24. The second-order valence-corrected chi connectivity index (χ2v) is 4.54. The Labute approximate surface area is 110 Å². The number of Topliss-reactive ketones (excluding diaryl/α,β-unsaturated/α-hetero) is 1. The molecule has 1 aliphatic heterocycles. The third-order valence-electron chi connectivity index (χ3n) is 3.28.